The molecule has 0 saturated carbocycles. The van der Waals surface area contributed by atoms with Crippen LogP contribution in [-0.2, 0) is 49.0 Å². The van der Waals surface area contributed by atoms with Gasteiger partial charge >= 0.3 is 41.9 Å². The molecule has 2 aromatic rings. The second kappa shape index (κ2) is 15.4. The van der Waals surface area contributed by atoms with Gasteiger partial charge in [-0.2, -0.15) is 45.5 Å². The molecule has 32 heavy (non-hydrogen) atoms. The Labute approximate surface area is 226 Å². The van der Waals surface area contributed by atoms with Gasteiger partial charge in [-0.3, -0.25) is 0 Å². The molecule has 2 aliphatic carbocycles. The van der Waals surface area contributed by atoms with E-state index in [1.807, 2.05) is 0 Å². The van der Waals surface area contributed by atoms with E-state index in [9.17, 15) is 0 Å². The molecule has 2 aromatic carbocycles. The fourth-order valence-electron chi connectivity index (χ4n) is 5.34. The van der Waals surface area contributed by atoms with E-state index < -0.39 is 0 Å². The van der Waals surface area contributed by atoms with Crippen molar-refractivity contribution in [3.8, 4) is 0 Å². The van der Waals surface area contributed by atoms with Gasteiger partial charge in [-0.1, -0.05) is 79.1 Å². The first-order valence-electron chi connectivity index (χ1n) is 12.2. The fourth-order valence-corrected chi connectivity index (χ4v) is 5.34. The maximum absolute atomic E-state index is 2.42. The summed E-state index contributed by atoms with van der Waals surface area (Å²) in [5.41, 5.74) is 9.80. The summed E-state index contributed by atoms with van der Waals surface area (Å²) in [5, 5.41) is 0. The Bertz CT molecular complexity index is 753. The molecule has 2 aliphatic rings. The van der Waals surface area contributed by atoms with E-state index in [0.29, 0.717) is 0 Å². The van der Waals surface area contributed by atoms with Gasteiger partial charge in [0.2, 0.25) is 0 Å². The van der Waals surface area contributed by atoms with Gasteiger partial charge in [0.25, 0.3) is 0 Å². The maximum atomic E-state index is 2.42. The van der Waals surface area contributed by atoms with E-state index in [0.717, 1.165) is 23.7 Å². The third-order valence-electron chi connectivity index (χ3n) is 6.67. The summed E-state index contributed by atoms with van der Waals surface area (Å²) >= 11 is 1.74. The summed E-state index contributed by atoms with van der Waals surface area (Å²) < 4.78 is 0. The third-order valence-corrected chi connectivity index (χ3v) is 6.67. The monoisotopic (exact) mass is 568 g/mol. The van der Waals surface area contributed by atoms with E-state index in [1.54, 1.807) is 45.6 Å². The largest absolute Gasteiger partial charge is 1.00 e. The van der Waals surface area contributed by atoms with Crippen LogP contribution in [0.4, 0.5) is 0 Å². The number of halogens is 2. The Morgan fingerprint density at radius 3 is 1.38 bits per heavy atom. The minimum atomic E-state index is 0. The zero-order valence-electron chi connectivity index (χ0n) is 21.6. The molecule has 0 N–H and O–H groups in total. The Balaban J connectivity index is 0.000000490. The molecule has 0 radical (unpaired) electrons. The van der Waals surface area contributed by atoms with E-state index in [4.69, 9.17) is 0 Å². The van der Waals surface area contributed by atoms with Crippen LogP contribution < -0.4 is 24.8 Å². The Hall–Kier alpha value is 0.380. The van der Waals surface area contributed by atoms with Gasteiger partial charge in [-0.25, -0.2) is 12.1 Å². The van der Waals surface area contributed by atoms with Gasteiger partial charge in [-0.05, 0) is 24.7 Å². The molecule has 0 aliphatic heterocycles. The molecular formula is C28H44Cl2SiZr-2. The smallest absolute Gasteiger partial charge is 1.00 e. The predicted octanol–water partition coefficient (Wildman–Crippen LogP) is 2.10. The molecule has 4 heteroatoms. The Kier molecular flexibility index (Phi) is 15.6. The second-order valence-corrected chi connectivity index (χ2v) is 19.7. The van der Waals surface area contributed by atoms with Crippen molar-refractivity contribution < 1.29 is 48.1 Å². The van der Waals surface area contributed by atoms with Crippen molar-refractivity contribution >= 4 is 5.43 Å². The summed E-state index contributed by atoms with van der Waals surface area (Å²) in [6.07, 6.45) is 7.74. The normalized spacial score (nSPS) is 23.1. The van der Waals surface area contributed by atoms with E-state index >= 15 is 0 Å². The average molecular weight is 571 g/mol. The zero-order valence-corrected chi connectivity index (χ0v) is 26.6. The van der Waals surface area contributed by atoms with Crippen molar-refractivity contribution in [3.05, 3.63) is 57.6 Å². The van der Waals surface area contributed by atoms with Crippen LogP contribution in [0, 0.1) is 11.8 Å². The molecule has 0 aromatic heterocycles. The topological polar surface area (TPSA) is 0 Å². The minimum Gasteiger partial charge on any atom is -1.00 e. The fraction of sp³-hybridized carbons (Fsp3) is 0.643. The summed E-state index contributed by atoms with van der Waals surface area (Å²) in [4.78, 5) is 0. The van der Waals surface area contributed by atoms with E-state index in [1.165, 1.54) is 49.7 Å². The SMILES string of the molecule is CCc1cc2c([cH-]1)CC(C)CC2C.CCc1cc2c([cH-]1)CC(C)CC2C.C[Si](C)=[Zr+2].[Cl-].[Cl-]. The molecule has 0 spiro atoms. The Morgan fingerprint density at radius 2 is 1.09 bits per heavy atom. The van der Waals surface area contributed by atoms with Crippen molar-refractivity contribution in [1.82, 2.24) is 0 Å². The first-order valence-corrected chi connectivity index (χ1v) is 18.4. The molecule has 0 heterocycles. The molecule has 0 amide bonds. The zero-order chi connectivity index (χ0) is 22.4. The van der Waals surface area contributed by atoms with Gasteiger partial charge in [0.15, 0.2) is 0 Å². The van der Waals surface area contributed by atoms with Crippen molar-refractivity contribution in [2.24, 2.45) is 11.8 Å². The second-order valence-electron chi connectivity index (χ2n) is 10.3. The number of hydrogen-bond donors (Lipinski definition) is 0. The quantitative estimate of drug-likeness (QED) is 0.383. The number of fused-ring (bicyclic) bond motifs is 2. The van der Waals surface area contributed by atoms with Gasteiger partial charge in [0.1, 0.15) is 0 Å². The summed E-state index contributed by atoms with van der Waals surface area (Å²) in [7, 11) is 0. The van der Waals surface area contributed by atoms with Gasteiger partial charge in [-0.15, -0.1) is 0 Å². The minimum absolute atomic E-state index is 0. The standard InChI is InChI=1S/2C13H19.C2H6Si.2ClH.Zr/c2*1-4-11-7-12-6-9(2)5-10(3)13(12)8-11;1-3-2;;;/h2*7-10H,4-6H2,1-3H3;1-2H3;2*1H;/q2*-1;;;;+2/p-2. The van der Waals surface area contributed by atoms with Crippen molar-refractivity contribution in [2.45, 2.75) is 105 Å². The molecule has 0 saturated heterocycles. The van der Waals surface area contributed by atoms with Crippen LogP contribution in [0.1, 0.15) is 99.6 Å². The first kappa shape index (κ1) is 32.4. The van der Waals surface area contributed by atoms with Crippen LogP contribution in [0.5, 0.6) is 0 Å². The first-order chi connectivity index (χ1) is 14.1. The Morgan fingerprint density at radius 1 is 0.781 bits per heavy atom. The molecule has 4 atom stereocenters. The molecule has 4 unspecified atom stereocenters. The van der Waals surface area contributed by atoms with Crippen LogP contribution in [0.2, 0.25) is 13.1 Å². The van der Waals surface area contributed by atoms with Crippen LogP contribution in [0.25, 0.3) is 0 Å². The van der Waals surface area contributed by atoms with Gasteiger partial charge < -0.3 is 24.8 Å². The van der Waals surface area contributed by atoms with Gasteiger partial charge in [0, 0.05) is 0 Å². The number of aryl methyl sites for hydroxylation is 2. The van der Waals surface area contributed by atoms with E-state index in [-0.39, 0.29) is 30.2 Å². The van der Waals surface area contributed by atoms with Crippen LogP contribution in [-0.4, -0.2) is 5.43 Å². The average Bonchev–Trinajstić information content (AvgIpc) is 3.25. The van der Waals surface area contributed by atoms with Crippen LogP contribution >= 0.6 is 0 Å². The molecule has 0 bridgehead atoms. The number of hydrogen-bond acceptors (Lipinski definition) is 0. The molecule has 180 valence electrons. The third kappa shape index (κ3) is 9.56. The van der Waals surface area contributed by atoms with Crippen molar-refractivity contribution in [3.63, 3.8) is 0 Å². The predicted molar refractivity (Wildman–Crippen MR) is 132 cm³/mol. The molecular weight excluding hydrogens is 527 g/mol. The molecule has 4 rings (SSSR count). The molecule has 0 nitrogen and oxygen atoms in total. The van der Waals surface area contributed by atoms with E-state index in [2.05, 4.69) is 78.9 Å². The van der Waals surface area contributed by atoms with Crippen molar-refractivity contribution in [2.75, 3.05) is 0 Å². The number of rotatable bonds is 2. The van der Waals surface area contributed by atoms with Crippen molar-refractivity contribution in [1.29, 1.82) is 0 Å². The summed E-state index contributed by atoms with van der Waals surface area (Å²) in [6, 6.07) is 9.68. The molecule has 0 fully saturated rings. The van der Waals surface area contributed by atoms with Crippen LogP contribution in [0.15, 0.2) is 24.3 Å². The maximum Gasteiger partial charge on any atom is -1.00 e. The summed E-state index contributed by atoms with van der Waals surface area (Å²) in [6.45, 7) is 18.6. The summed E-state index contributed by atoms with van der Waals surface area (Å²) in [5.74, 6) is 3.35. The van der Waals surface area contributed by atoms with Crippen LogP contribution in [0.3, 0.4) is 0 Å². The van der Waals surface area contributed by atoms with Gasteiger partial charge in [0.05, 0.1) is 0 Å².